The highest BCUT2D eigenvalue weighted by Gasteiger charge is 2.16. The molecule has 2 atom stereocenters. The van der Waals surface area contributed by atoms with Gasteiger partial charge < -0.3 is 15.7 Å². The number of hydrogen-bond acceptors (Lipinski definition) is 8. The Kier molecular flexibility index (Phi) is 5.18. The normalized spacial score (nSPS) is 13.0. The Hall–Kier alpha value is -1.18. The third-order valence-electron chi connectivity index (χ3n) is 3.05. The molecule has 4 N–H and O–H groups in total. The molecule has 0 spiro atoms. The number of fused-ring (bicyclic) bond motifs is 1. The fourth-order valence-corrected chi connectivity index (χ4v) is 4.46. The summed E-state index contributed by atoms with van der Waals surface area (Å²) in [4.78, 5) is 22.0. The van der Waals surface area contributed by atoms with Gasteiger partial charge in [-0.3, -0.25) is 0 Å². The van der Waals surface area contributed by atoms with Crippen molar-refractivity contribution in [1.82, 2.24) is 15.0 Å². The van der Waals surface area contributed by atoms with Gasteiger partial charge in [-0.1, -0.05) is 52.9 Å². The largest absolute Gasteiger partial charge is 0.382 e. The molecule has 0 saturated heterocycles. The van der Waals surface area contributed by atoms with Gasteiger partial charge in [0.2, 0.25) is 0 Å². The predicted octanol–water partition coefficient (Wildman–Crippen LogP) is 4.09. The van der Waals surface area contributed by atoms with Crippen molar-refractivity contribution in [2.75, 3.05) is 10.8 Å². The molecule has 0 aliphatic rings. The Morgan fingerprint density at radius 1 is 1.35 bits per heavy atom. The molecule has 10 heteroatoms. The molecule has 0 fully saturated rings. The number of thiazole rings is 1. The second-order valence-electron chi connectivity index (χ2n) is 4.58. The van der Waals surface area contributed by atoms with E-state index in [0.717, 1.165) is 5.56 Å². The van der Waals surface area contributed by atoms with Crippen molar-refractivity contribution in [1.29, 1.82) is 0 Å². The molecule has 3 aromatic rings. The van der Waals surface area contributed by atoms with E-state index in [2.05, 4.69) is 20.0 Å². The standard InChI is InChI=1S/C13H13ClN5OPS2/c1-6(7-4-2-3-5-8(7)14)22-12-16-10(15)9-11(17-12)18-13(23-9)19-21-20/h2-6,20-21H,1H3,(H3,15,16,17,18,19). The van der Waals surface area contributed by atoms with Crippen molar-refractivity contribution in [3.05, 3.63) is 34.9 Å². The quantitative estimate of drug-likeness (QED) is 0.345. The lowest BCUT2D eigenvalue weighted by Crippen LogP contribution is -1.97. The summed E-state index contributed by atoms with van der Waals surface area (Å²) in [6.45, 7) is 2.04. The van der Waals surface area contributed by atoms with Crippen LogP contribution >= 0.6 is 43.7 Å². The summed E-state index contributed by atoms with van der Waals surface area (Å²) < 4.78 is 0.709. The van der Waals surface area contributed by atoms with Crippen molar-refractivity contribution in [2.45, 2.75) is 17.3 Å². The Balaban J connectivity index is 1.89. The number of aromatic nitrogens is 3. The molecule has 23 heavy (non-hydrogen) atoms. The van der Waals surface area contributed by atoms with E-state index in [4.69, 9.17) is 22.2 Å². The van der Waals surface area contributed by atoms with Crippen molar-refractivity contribution in [3.63, 3.8) is 0 Å². The van der Waals surface area contributed by atoms with Gasteiger partial charge in [-0.15, -0.1) is 0 Å². The van der Waals surface area contributed by atoms with Gasteiger partial charge in [-0.2, -0.15) is 4.98 Å². The van der Waals surface area contributed by atoms with E-state index in [9.17, 15) is 0 Å². The number of nitrogens with zero attached hydrogens (tertiary/aromatic N) is 3. The van der Waals surface area contributed by atoms with E-state index in [1.807, 2.05) is 31.2 Å². The summed E-state index contributed by atoms with van der Waals surface area (Å²) in [5.41, 5.74) is 7.54. The van der Waals surface area contributed by atoms with Crippen LogP contribution < -0.4 is 10.8 Å². The summed E-state index contributed by atoms with van der Waals surface area (Å²) in [5.74, 6) is 0.385. The maximum absolute atomic E-state index is 8.94. The number of nitrogens with one attached hydrogen (secondary N) is 1. The minimum atomic E-state index is -0.421. The van der Waals surface area contributed by atoms with Crippen molar-refractivity contribution in [2.24, 2.45) is 0 Å². The summed E-state index contributed by atoms with van der Waals surface area (Å²) in [6.07, 6.45) is 0. The highest BCUT2D eigenvalue weighted by Crippen LogP contribution is 2.38. The molecule has 0 aliphatic carbocycles. The number of hydrogen-bond donors (Lipinski definition) is 3. The summed E-state index contributed by atoms with van der Waals surface area (Å²) in [5, 5.41) is 4.67. The van der Waals surface area contributed by atoms with Crippen LogP contribution in [0.25, 0.3) is 10.3 Å². The van der Waals surface area contributed by atoms with Gasteiger partial charge >= 0.3 is 0 Å². The minimum Gasteiger partial charge on any atom is -0.382 e. The Morgan fingerprint density at radius 2 is 2.13 bits per heavy atom. The summed E-state index contributed by atoms with van der Waals surface area (Å²) in [6, 6.07) is 7.69. The lowest BCUT2D eigenvalue weighted by atomic mass is 10.2. The van der Waals surface area contributed by atoms with E-state index in [1.165, 1.54) is 23.1 Å². The smallest absolute Gasteiger partial charge is 0.192 e. The van der Waals surface area contributed by atoms with Crippen LogP contribution in [0.3, 0.4) is 0 Å². The van der Waals surface area contributed by atoms with Crippen LogP contribution in [0, 0.1) is 0 Å². The number of anilines is 2. The molecule has 2 heterocycles. The molecule has 120 valence electrons. The molecular formula is C13H13ClN5OPS2. The Morgan fingerprint density at radius 3 is 2.87 bits per heavy atom. The van der Waals surface area contributed by atoms with E-state index >= 15 is 0 Å². The maximum Gasteiger partial charge on any atom is 0.192 e. The average molecular weight is 386 g/mol. The van der Waals surface area contributed by atoms with Crippen molar-refractivity contribution in [3.8, 4) is 0 Å². The summed E-state index contributed by atoms with van der Waals surface area (Å²) >= 11 is 9.02. The zero-order valence-electron chi connectivity index (χ0n) is 11.9. The lowest BCUT2D eigenvalue weighted by molar-refractivity contribution is 0.651. The SMILES string of the molecule is CC(Sc1nc(N)c2sc(NPO)nc2n1)c1ccccc1Cl. The molecule has 0 bridgehead atoms. The zero-order valence-corrected chi connectivity index (χ0v) is 15.3. The van der Waals surface area contributed by atoms with Gasteiger partial charge in [0.05, 0.1) is 0 Å². The van der Waals surface area contributed by atoms with E-state index < -0.39 is 8.96 Å². The first-order valence-corrected chi connectivity index (χ1v) is 9.61. The molecule has 1 aromatic carbocycles. The van der Waals surface area contributed by atoms with Gasteiger partial charge in [0, 0.05) is 10.3 Å². The van der Waals surface area contributed by atoms with E-state index in [-0.39, 0.29) is 5.25 Å². The third-order valence-corrected chi connectivity index (χ3v) is 5.91. The molecule has 3 rings (SSSR count). The molecule has 2 aromatic heterocycles. The monoisotopic (exact) mass is 385 g/mol. The van der Waals surface area contributed by atoms with E-state index in [1.54, 1.807) is 0 Å². The van der Waals surface area contributed by atoms with Gasteiger partial charge in [0.25, 0.3) is 0 Å². The second kappa shape index (κ2) is 7.15. The second-order valence-corrected chi connectivity index (χ2v) is 7.77. The Bertz CT molecular complexity index is 846. The number of thioether (sulfide) groups is 1. The first-order valence-electron chi connectivity index (χ1n) is 6.58. The minimum absolute atomic E-state index is 0.0794. The van der Waals surface area contributed by atoms with Gasteiger partial charge in [0.1, 0.15) is 19.5 Å². The molecule has 6 nitrogen and oxygen atoms in total. The predicted molar refractivity (Wildman–Crippen MR) is 99.5 cm³/mol. The molecule has 0 saturated carbocycles. The lowest BCUT2D eigenvalue weighted by Gasteiger charge is -2.12. The fraction of sp³-hybridized carbons (Fsp3) is 0.154. The molecule has 2 unspecified atom stereocenters. The zero-order chi connectivity index (χ0) is 16.4. The van der Waals surface area contributed by atoms with Crippen LogP contribution in [0.4, 0.5) is 10.9 Å². The van der Waals surface area contributed by atoms with Crippen LogP contribution in [-0.4, -0.2) is 19.8 Å². The first-order chi connectivity index (χ1) is 11.1. The molecule has 0 amide bonds. The van der Waals surface area contributed by atoms with Crippen molar-refractivity contribution >= 4 is 65.0 Å². The third kappa shape index (κ3) is 3.67. The topological polar surface area (TPSA) is 97.0 Å². The molecular weight excluding hydrogens is 373 g/mol. The van der Waals surface area contributed by atoms with Gasteiger partial charge in [-0.05, 0) is 18.6 Å². The van der Waals surface area contributed by atoms with Gasteiger partial charge in [-0.25, -0.2) is 9.97 Å². The Labute approximate surface area is 147 Å². The van der Waals surface area contributed by atoms with Crippen molar-refractivity contribution < 1.29 is 4.89 Å². The van der Waals surface area contributed by atoms with Crippen LogP contribution in [0.5, 0.6) is 0 Å². The number of halogens is 1. The molecule has 0 radical (unpaired) electrons. The maximum atomic E-state index is 8.94. The number of nitrogen functional groups attached to an aromatic ring is 1. The molecule has 0 aliphatic heterocycles. The van der Waals surface area contributed by atoms with Gasteiger partial charge in [0.15, 0.2) is 15.9 Å². The van der Waals surface area contributed by atoms with Crippen LogP contribution in [0.2, 0.25) is 5.02 Å². The number of nitrogens with two attached hydrogens (primary N) is 1. The first kappa shape index (κ1) is 16.7. The highest BCUT2D eigenvalue weighted by molar-refractivity contribution is 7.99. The van der Waals surface area contributed by atoms with Crippen LogP contribution in [-0.2, 0) is 0 Å². The number of benzene rings is 1. The summed E-state index contributed by atoms with van der Waals surface area (Å²) in [7, 11) is -0.421. The average Bonchev–Trinajstić information content (AvgIpc) is 2.91. The number of rotatable bonds is 5. The van der Waals surface area contributed by atoms with E-state index in [0.29, 0.717) is 31.5 Å². The highest BCUT2D eigenvalue weighted by atomic mass is 35.5. The fourth-order valence-electron chi connectivity index (χ4n) is 2.00. The van der Waals surface area contributed by atoms with Crippen LogP contribution in [0.1, 0.15) is 17.7 Å². The van der Waals surface area contributed by atoms with Crippen LogP contribution in [0.15, 0.2) is 29.4 Å².